The predicted octanol–water partition coefficient (Wildman–Crippen LogP) is 0.402. The summed E-state index contributed by atoms with van der Waals surface area (Å²) < 4.78 is 0. The summed E-state index contributed by atoms with van der Waals surface area (Å²) in [6.45, 7) is 5.56. The topological polar surface area (TPSA) is 35.0 Å². The third kappa shape index (κ3) is 2.01. The van der Waals surface area contributed by atoms with E-state index >= 15 is 0 Å². The summed E-state index contributed by atoms with van der Waals surface area (Å²) in [4.78, 5) is 12.9. The average molecular weight is 156 g/mol. The van der Waals surface area contributed by atoms with Crippen molar-refractivity contribution in [2.45, 2.75) is 32.9 Å². The fourth-order valence-corrected chi connectivity index (χ4v) is 1.59. The molecule has 0 aromatic heterocycles. The molecule has 0 aromatic rings. The summed E-state index contributed by atoms with van der Waals surface area (Å²) in [5, 5.41) is 3.28. The van der Waals surface area contributed by atoms with Gasteiger partial charge in [-0.15, -0.1) is 0 Å². The fraction of sp³-hybridized carbons (Fsp3) is 0.875. The van der Waals surface area contributed by atoms with Crippen molar-refractivity contribution in [3.8, 4) is 0 Å². The number of carbonyl (C=O) groups excluding carboxylic acids is 1. The molecule has 1 aliphatic heterocycles. The number of hydrogen-bond donors (Lipinski definition) is 1. The van der Waals surface area contributed by atoms with Gasteiger partial charge in [0.2, 0.25) is 0 Å². The Hall–Kier alpha value is -0.410. The fourth-order valence-electron chi connectivity index (χ4n) is 1.59. The number of nitrogens with zero attached hydrogens (tertiary/aromatic N) is 1. The smallest absolute Gasteiger partial charge is 0.264 e. The van der Waals surface area contributed by atoms with Crippen LogP contribution in [0.15, 0.2) is 0 Å². The molecule has 0 saturated carbocycles. The summed E-state index contributed by atoms with van der Waals surface area (Å²) in [5.41, 5.74) is 0. The zero-order valence-electron chi connectivity index (χ0n) is 7.26. The molecule has 11 heavy (non-hydrogen) atoms. The van der Waals surface area contributed by atoms with Crippen molar-refractivity contribution < 1.29 is 4.79 Å². The Morgan fingerprint density at radius 2 is 2.45 bits per heavy atom. The number of likely N-dealkylation sites (tertiary alicyclic amines) is 1. The van der Waals surface area contributed by atoms with E-state index in [1.165, 1.54) is 0 Å². The van der Waals surface area contributed by atoms with Crippen LogP contribution in [0.5, 0.6) is 0 Å². The zero-order valence-corrected chi connectivity index (χ0v) is 7.26. The minimum atomic E-state index is 0.188. The van der Waals surface area contributed by atoms with Gasteiger partial charge in [0.25, 0.3) is 0 Å². The van der Waals surface area contributed by atoms with Gasteiger partial charge >= 0.3 is 5.91 Å². The maximum atomic E-state index is 11.0. The highest BCUT2D eigenvalue weighted by Gasteiger charge is 2.36. The first kappa shape index (κ1) is 8.68. The van der Waals surface area contributed by atoms with E-state index in [1.54, 1.807) is 6.92 Å². The Morgan fingerprint density at radius 1 is 1.73 bits per heavy atom. The second-order valence-corrected chi connectivity index (χ2v) is 2.93. The third-order valence-corrected chi connectivity index (χ3v) is 2.10. The molecular weight excluding hydrogens is 140 g/mol. The first-order chi connectivity index (χ1) is 5.25. The highest BCUT2D eigenvalue weighted by Crippen LogP contribution is 2.11. The molecule has 1 atom stereocenters. The largest absolute Gasteiger partial charge is 0.359 e. The lowest BCUT2D eigenvalue weighted by Gasteiger charge is -2.10. The average Bonchev–Trinajstić information content (AvgIpc) is 2.36. The highest BCUT2D eigenvalue weighted by atomic mass is 16.2. The molecule has 1 N–H and O–H groups in total. The number of carbonyl (C=O) groups is 1. The first-order valence-corrected chi connectivity index (χ1v) is 4.26. The second-order valence-electron chi connectivity index (χ2n) is 2.93. The van der Waals surface area contributed by atoms with Gasteiger partial charge in [0.1, 0.15) is 6.54 Å². The van der Waals surface area contributed by atoms with Crippen molar-refractivity contribution in [2.75, 3.05) is 13.1 Å². The van der Waals surface area contributed by atoms with E-state index in [0.717, 1.165) is 25.9 Å². The predicted molar refractivity (Wildman–Crippen MR) is 44.4 cm³/mol. The molecule has 0 aromatic carbocycles. The van der Waals surface area contributed by atoms with Crippen LogP contribution in [0.1, 0.15) is 26.7 Å². The SMILES string of the molecule is CCNC1CCC[N+]1C(C)=O. The van der Waals surface area contributed by atoms with Crippen LogP contribution in [-0.2, 0) is 4.79 Å². The van der Waals surface area contributed by atoms with Gasteiger partial charge in [-0.25, -0.2) is 4.79 Å². The van der Waals surface area contributed by atoms with Crippen LogP contribution >= 0.6 is 0 Å². The van der Waals surface area contributed by atoms with Crippen molar-refractivity contribution in [1.29, 1.82) is 0 Å². The van der Waals surface area contributed by atoms with E-state index in [4.69, 9.17) is 0 Å². The van der Waals surface area contributed by atoms with Gasteiger partial charge < -0.3 is 0 Å². The molecule has 1 saturated heterocycles. The van der Waals surface area contributed by atoms with E-state index in [1.807, 2.05) is 4.90 Å². The summed E-state index contributed by atoms with van der Waals surface area (Å²) >= 11 is 0. The third-order valence-electron chi connectivity index (χ3n) is 2.10. The molecule has 0 bridgehead atoms. The summed E-state index contributed by atoms with van der Waals surface area (Å²) in [5.74, 6) is 0.188. The lowest BCUT2D eigenvalue weighted by Crippen LogP contribution is -2.47. The first-order valence-electron chi connectivity index (χ1n) is 4.26. The number of amides is 1. The van der Waals surface area contributed by atoms with Gasteiger partial charge in [-0.1, -0.05) is 11.8 Å². The molecule has 1 rings (SSSR count). The van der Waals surface area contributed by atoms with Crippen LogP contribution in [0.4, 0.5) is 0 Å². The van der Waals surface area contributed by atoms with Crippen LogP contribution in [0, 0.1) is 0 Å². The van der Waals surface area contributed by atoms with Crippen LogP contribution in [-0.4, -0.2) is 25.2 Å². The lowest BCUT2D eigenvalue weighted by molar-refractivity contribution is -0.124. The molecule has 0 aliphatic carbocycles. The van der Waals surface area contributed by atoms with Crippen LogP contribution in [0.25, 0.3) is 0 Å². The summed E-state index contributed by atoms with van der Waals surface area (Å²) in [7, 11) is 0. The van der Waals surface area contributed by atoms with Gasteiger partial charge in [0, 0.05) is 12.8 Å². The molecule has 1 fully saturated rings. The lowest BCUT2D eigenvalue weighted by atomic mass is 10.3. The Labute approximate surface area is 67.8 Å². The molecular formula is C8H16N2O+. The van der Waals surface area contributed by atoms with Crippen LogP contribution in [0.2, 0.25) is 0 Å². The van der Waals surface area contributed by atoms with E-state index < -0.39 is 0 Å². The standard InChI is InChI=1S/C8H16N2O/c1-3-9-8-5-4-6-10(8)7(2)11/h8-9H,3-6H2,1-2H3/q+1. The quantitative estimate of drug-likeness (QED) is 0.587. The van der Waals surface area contributed by atoms with Gasteiger partial charge in [0.05, 0.1) is 6.92 Å². The summed E-state index contributed by atoms with van der Waals surface area (Å²) in [6.07, 6.45) is 2.54. The Bertz CT molecular complexity index is 147. The molecule has 1 unspecified atom stereocenters. The van der Waals surface area contributed by atoms with Crippen molar-refractivity contribution >= 4 is 5.91 Å². The molecule has 1 amide bonds. The van der Waals surface area contributed by atoms with Crippen LogP contribution < -0.4 is 10.2 Å². The molecule has 3 heteroatoms. The van der Waals surface area contributed by atoms with E-state index in [2.05, 4.69) is 12.2 Å². The Morgan fingerprint density at radius 3 is 3.00 bits per heavy atom. The summed E-state index contributed by atoms with van der Waals surface area (Å²) in [6, 6.07) is 0. The number of nitrogens with one attached hydrogen (secondary N) is 1. The Balaban J connectivity index is 2.44. The molecule has 0 spiro atoms. The van der Waals surface area contributed by atoms with E-state index in [9.17, 15) is 4.79 Å². The van der Waals surface area contributed by atoms with Gasteiger partial charge in [-0.3, -0.25) is 5.32 Å². The van der Waals surface area contributed by atoms with Gasteiger partial charge in [-0.2, -0.15) is 0 Å². The van der Waals surface area contributed by atoms with Gasteiger partial charge in [-0.05, 0) is 6.54 Å². The number of hydrogen-bond acceptors (Lipinski definition) is 2. The minimum absolute atomic E-state index is 0.188. The van der Waals surface area contributed by atoms with E-state index in [-0.39, 0.29) is 5.91 Å². The van der Waals surface area contributed by atoms with Crippen molar-refractivity contribution in [3.63, 3.8) is 0 Å². The molecule has 63 valence electrons. The Kier molecular flexibility index (Phi) is 3.02. The monoisotopic (exact) mass is 156 g/mol. The van der Waals surface area contributed by atoms with Crippen molar-refractivity contribution in [2.24, 2.45) is 0 Å². The normalized spacial score (nSPS) is 25.8. The highest BCUT2D eigenvalue weighted by molar-refractivity contribution is 5.76. The molecule has 1 heterocycles. The zero-order chi connectivity index (χ0) is 8.27. The maximum Gasteiger partial charge on any atom is 0.359 e. The minimum Gasteiger partial charge on any atom is -0.264 e. The van der Waals surface area contributed by atoms with Crippen molar-refractivity contribution in [3.05, 3.63) is 0 Å². The molecule has 1 aliphatic rings. The number of rotatable bonds is 2. The van der Waals surface area contributed by atoms with E-state index in [0.29, 0.717) is 6.17 Å². The van der Waals surface area contributed by atoms with Gasteiger partial charge in [0.15, 0.2) is 6.17 Å². The molecule has 3 nitrogen and oxygen atoms in total. The van der Waals surface area contributed by atoms with Crippen molar-refractivity contribution in [1.82, 2.24) is 10.2 Å². The maximum absolute atomic E-state index is 11.0. The second kappa shape index (κ2) is 3.83. The van der Waals surface area contributed by atoms with Crippen LogP contribution in [0.3, 0.4) is 0 Å². The molecule has 1 radical (unpaired) electrons.